The molecule has 2 amide bonds. The summed E-state index contributed by atoms with van der Waals surface area (Å²) in [5.41, 5.74) is 6.26. The molecule has 0 aliphatic rings. The van der Waals surface area contributed by atoms with Crippen LogP contribution >= 0.6 is 0 Å². The Morgan fingerprint density at radius 1 is 1.00 bits per heavy atom. The first kappa shape index (κ1) is 30.2. The van der Waals surface area contributed by atoms with E-state index in [1.165, 1.54) is 0 Å². The third-order valence-corrected chi connectivity index (χ3v) is 7.52. The molecule has 1 unspecified atom stereocenters. The number of nitrogens with zero attached hydrogens (tertiary/aromatic N) is 5. The van der Waals surface area contributed by atoms with Gasteiger partial charge in [-0.3, -0.25) is 19.1 Å². The second kappa shape index (κ2) is 11.8. The van der Waals surface area contributed by atoms with Crippen molar-refractivity contribution in [2.45, 2.75) is 54.5 Å². The zero-order valence-corrected chi connectivity index (χ0v) is 26.1. The summed E-state index contributed by atoms with van der Waals surface area (Å²) >= 11 is 0. The number of anilines is 1. The quantitative estimate of drug-likeness (QED) is 0.223. The van der Waals surface area contributed by atoms with E-state index in [1.807, 2.05) is 90.1 Å². The summed E-state index contributed by atoms with van der Waals surface area (Å²) in [7, 11) is 0. The molecule has 2 N–H and O–H groups in total. The highest BCUT2D eigenvalue weighted by atomic mass is 16.4. The second-order valence-corrected chi connectivity index (χ2v) is 12.2. The first-order chi connectivity index (χ1) is 20.8. The number of carboxylic acid groups (broad SMARTS) is 1. The highest BCUT2D eigenvalue weighted by Gasteiger charge is 2.29. The minimum atomic E-state index is -1.16. The van der Waals surface area contributed by atoms with Gasteiger partial charge in [-0.15, -0.1) is 0 Å². The van der Waals surface area contributed by atoms with Gasteiger partial charge in [0.1, 0.15) is 23.2 Å². The smallest absolute Gasteiger partial charge is 0.407 e. The molecule has 0 fully saturated rings. The van der Waals surface area contributed by atoms with E-state index < -0.39 is 18.0 Å². The molecule has 9 nitrogen and oxygen atoms in total. The number of benzene rings is 1. The molecule has 4 heterocycles. The first-order valence-electron chi connectivity index (χ1n) is 14.5. The fourth-order valence-electron chi connectivity index (χ4n) is 5.18. The lowest BCUT2D eigenvalue weighted by Crippen LogP contribution is -2.48. The monoisotopic (exact) mass is 588 g/mol. The predicted octanol–water partition coefficient (Wildman–Crippen LogP) is 6.62. The van der Waals surface area contributed by atoms with Gasteiger partial charge in [0.25, 0.3) is 0 Å². The van der Waals surface area contributed by atoms with Crippen LogP contribution in [-0.4, -0.2) is 53.9 Å². The van der Waals surface area contributed by atoms with Gasteiger partial charge in [-0.1, -0.05) is 38.8 Å². The number of hydrogen-bond donors (Lipinski definition) is 2. The first-order valence-corrected chi connectivity index (χ1v) is 14.5. The SMILES string of the molecule is Cc1nc2cccc(-c3cc(C#Cc4ccc5c(C)nccc5c4)nc(NC(=O)C(C)N(CC(C)(C)C)C(=O)O)c3)n2c1C. The molecule has 0 saturated carbocycles. The number of amides is 2. The molecule has 0 aliphatic heterocycles. The van der Waals surface area contributed by atoms with Gasteiger partial charge in [-0.05, 0) is 86.9 Å². The van der Waals surface area contributed by atoms with Crippen LogP contribution in [0.4, 0.5) is 10.6 Å². The number of carbonyl (C=O) groups is 2. The molecule has 0 spiro atoms. The number of hydrogen-bond acceptors (Lipinski definition) is 5. The van der Waals surface area contributed by atoms with Crippen molar-refractivity contribution < 1.29 is 14.7 Å². The Morgan fingerprint density at radius 3 is 2.50 bits per heavy atom. The molecule has 0 bridgehead atoms. The van der Waals surface area contributed by atoms with E-state index in [2.05, 4.69) is 36.5 Å². The molecule has 224 valence electrons. The molecule has 5 aromatic rings. The molecule has 9 heteroatoms. The molecular weight excluding hydrogens is 552 g/mol. The van der Waals surface area contributed by atoms with Gasteiger partial charge < -0.3 is 10.4 Å². The van der Waals surface area contributed by atoms with Crippen LogP contribution in [0, 0.1) is 38.0 Å². The van der Waals surface area contributed by atoms with Crippen molar-refractivity contribution in [3.05, 3.63) is 89.1 Å². The molecular formula is C35H36N6O3. The number of carbonyl (C=O) groups excluding carboxylic acids is 1. The number of aromatic nitrogens is 4. The Bertz CT molecular complexity index is 1980. The van der Waals surface area contributed by atoms with E-state index >= 15 is 0 Å². The Balaban J connectivity index is 1.57. The normalized spacial score (nSPS) is 12.1. The standard InChI is InChI=1S/C35H36N6O3/c1-21-23(3)41-30(9-8-10-32(41)37-21)27-18-28(13-11-25-12-14-29-22(2)36-16-15-26(29)17-25)38-31(19-27)39-33(42)24(4)40(34(43)44)20-35(5,6)7/h8-10,12,14-19,24H,20H2,1-7H3,(H,43,44)(H,38,39,42). The van der Waals surface area contributed by atoms with E-state index in [9.17, 15) is 14.7 Å². The number of nitrogens with one attached hydrogen (secondary N) is 1. The van der Waals surface area contributed by atoms with Crippen molar-refractivity contribution in [3.8, 4) is 23.1 Å². The molecule has 1 aromatic carbocycles. The molecule has 5 rings (SSSR count). The van der Waals surface area contributed by atoms with E-state index in [4.69, 9.17) is 0 Å². The highest BCUT2D eigenvalue weighted by Crippen LogP contribution is 2.27. The van der Waals surface area contributed by atoms with Crippen LogP contribution < -0.4 is 5.32 Å². The molecule has 0 aliphatic carbocycles. The summed E-state index contributed by atoms with van der Waals surface area (Å²) in [6, 6.07) is 16.5. The van der Waals surface area contributed by atoms with E-state index in [0.717, 1.165) is 55.2 Å². The Morgan fingerprint density at radius 2 is 1.77 bits per heavy atom. The maximum atomic E-state index is 13.4. The average molecular weight is 589 g/mol. The number of fused-ring (bicyclic) bond motifs is 2. The third kappa shape index (κ3) is 6.40. The van der Waals surface area contributed by atoms with Gasteiger partial charge in [-0.2, -0.15) is 0 Å². The van der Waals surface area contributed by atoms with Crippen LogP contribution in [0.15, 0.2) is 60.8 Å². The summed E-state index contributed by atoms with van der Waals surface area (Å²) in [4.78, 5) is 40.3. The summed E-state index contributed by atoms with van der Waals surface area (Å²) in [5, 5.41) is 14.8. The van der Waals surface area contributed by atoms with Crippen LogP contribution in [0.3, 0.4) is 0 Å². The fourth-order valence-corrected chi connectivity index (χ4v) is 5.18. The number of rotatable bonds is 5. The summed E-state index contributed by atoms with van der Waals surface area (Å²) < 4.78 is 2.06. The van der Waals surface area contributed by atoms with Gasteiger partial charge in [-0.25, -0.2) is 14.8 Å². The Labute approximate surface area is 257 Å². The molecule has 0 saturated heterocycles. The van der Waals surface area contributed by atoms with Crippen LogP contribution in [0.5, 0.6) is 0 Å². The van der Waals surface area contributed by atoms with Crippen LogP contribution in [0.1, 0.15) is 56.0 Å². The van der Waals surface area contributed by atoms with Gasteiger partial charge in [0.05, 0.1) is 11.4 Å². The fraction of sp³-hybridized carbons (Fsp3) is 0.286. The predicted molar refractivity (Wildman–Crippen MR) is 173 cm³/mol. The Kier molecular flexibility index (Phi) is 8.11. The van der Waals surface area contributed by atoms with E-state index in [-0.39, 0.29) is 17.8 Å². The lowest BCUT2D eigenvalue weighted by Gasteiger charge is -2.31. The average Bonchev–Trinajstić information content (AvgIpc) is 3.26. The van der Waals surface area contributed by atoms with Crippen molar-refractivity contribution >= 4 is 34.2 Å². The van der Waals surface area contributed by atoms with Crippen molar-refractivity contribution in [1.29, 1.82) is 0 Å². The minimum absolute atomic E-state index is 0.198. The topological polar surface area (TPSA) is 113 Å². The van der Waals surface area contributed by atoms with Crippen LogP contribution in [0.25, 0.3) is 27.7 Å². The number of aryl methyl sites for hydroxylation is 3. The number of pyridine rings is 3. The lowest BCUT2D eigenvalue weighted by molar-refractivity contribution is -0.120. The van der Waals surface area contributed by atoms with Gasteiger partial charge >= 0.3 is 6.09 Å². The van der Waals surface area contributed by atoms with Crippen LogP contribution in [0.2, 0.25) is 0 Å². The molecule has 4 aromatic heterocycles. The largest absolute Gasteiger partial charge is 0.465 e. The summed E-state index contributed by atoms with van der Waals surface area (Å²) in [6.45, 7) is 13.5. The zero-order chi connectivity index (χ0) is 31.8. The second-order valence-electron chi connectivity index (χ2n) is 12.2. The molecule has 0 radical (unpaired) electrons. The van der Waals surface area contributed by atoms with Gasteiger partial charge in [0, 0.05) is 40.6 Å². The summed E-state index contributed by atoms with van der Waals surface area (Å²) in [5.74, 6) is 6.19. The molecule has 1 atom stereocenters. The van der Waals surface area contributed by atoms with E-state index in [0.29, 0.717) is 5.69 Å². The van der Waals surface area contributed by atoms with Crippen molar-refractivity contribution in [3.63, 3.8) is 0 Å². The van der Waals surface area contributed by atoms with Crippen molar-refractivity contribution in [2.24, 2.45) is 5.41 Å². The maximum Gasteiger partial charge on any atom is 0.407 e. The van der Waals surface area contributed by atoms with Crippen molar-refractivity contribution in [1.82, 2.24) is 24.3 Å². The minimum Gasteiger partial charge on any atom is -0.465 e. The zero-order valence-electron chi connectivity index (χ0n) is 26.1. The Hall–Kier alpha value is -5.23. The van der Waals surface area contributed by atoms with Crippen molar-refractivity contribution in [2.75, 3.05) is 11.9 Å². The van der Waals surface area contributed by atoms with Crippen LogP contribution in [-0.2, 0) is 4.79 Å². The van der Waals surface area contributed by atoms with Gasteiger partial charge in [0.2, 0.25) is 5.91 Å². The third-order valence-electron chi connectivity index (χ3n) is 7.52. The highest BCUT2D eigenvalue weighted by molar-refractivity contribution is 5.96. The van der Waals surface area contributed by atoms with Gasteiger partial charge in [0.15, 0.2) is 0 Å². The summed E-state index contributed by atoms with van der Waals surface area (Å²) in [6.07, 6.45) is 0.623. The lowest BCUT2D eigenvalue weighted by atomic mass is 9.95. The van der Waals surface area contributed by atoms with E-state index in [1.54, 1.807) is 19.2 Å². The maximum absolute atomic E-state index is 13.4. The molecule has 44 heavy (non-hydrogen) atoms. The number of imidazole rings is 1.